The van der Waals surface area contributed by atoms with Gasteiger partial charge in [0.1, 0.15) is 23.5 Å². The minimum Gasteiger partial charge on any atom is -0.487 e. The predicted molar refractivity (Wildman–Crippen MR) is 221 cm³/mol. The van der Waals surface area contributed by atoms with Crippen LogP contribution in [0.25, 0.3) is 0 Å². The van der Waals surface area contributed by atoms with Crippen LogP contribution in [0.2, 0.25) is 5.02 Å². The van der Waals surface area contributed by atoms with E-state index in [1.54, 1.807) is 30.3 Å². The molecule has 4 atom stereocenters. The number of anilines is 2. The molecule has 0 aromatic heterocycles. The Kier molecular flexibility index (Phi) is 10.3. The molecule has 1 N–H and O–H groups in total. The van der Waals surface area contributed by atoms with Gasteiger partial charge in [-0.05, 0) is 99.5 Å². The van der Waals surface area contributed by atoms with Crippen molar-refractivity contribution in [3.8, 4) is 11.8 Å². The normalized spacial score (nSPS) is 26.2. The topological polar surface area (TPSA) is 147 Å². The predicted octanol–water partition coefficient (Wildman–Crippen LogP) is 5.26. The maximum absolute atomic E-state index is 13.9. The highest BCUT2D eigenvalue weighted by atomic mass is 35.5. The quantitative estimate of drug-likeness (QED) is 0.299. The van der Waals surface area contributed by atoms with E-state index in [0.29, 0.717) is 38.9 Å². The van der Waals surface area contributed by atoms with Crippen LogP contribution in [-0.2, 0) is 9.59 Å². The van der Waals surface area contributed by atoms with E-state index in [9.17, 15) is 29.2 Å². The lowest BCUT2D eigenvalue weighted by Crippen LogP contribution is -2.54. The Hall–Kier alpha value is -5.45. The van der Waals surface area contributed by atoms with Crippen LogP contribution in [0.3, 0.4) is 0 Å². The number of hydrogen-bond acceptors (Lipinski definition) is 10. The first-order chi connectivity index (χ1) is 28.5. The molecule has 5 amide bonds. The maximum Gasteiger partial charge on any atom is 0.262 e. The summed E-state index contributed by atoms with van der Waals surface area (Å²) in [6.45, 7) is 8.64. The van der Waals surface area contributed by atoms with E-state index in [1.165, 1.54) is 0 Å². The average molecular weight is 818 g/mol. The van der Waals surface area contributed by atoms with Crippen LogP contribution < -0.4 is 19.9 Å². The van der Waals surface area contributed by atoms with Gasteiger partial charge in [0.05, 0.1) is 21.7 Å². The molecule has 6 aliphatic heterocycles. The Bertz CT molecular complexity index is 2230. The van der Waals surface area contributed by atoms with Crippen LogP contribution >= 0.6 is 11.6 Å². The fraction of sp³-hybridized carbons (Fsp3) is 0.467. The zero-order valence-corrected chi connectivity index (χ0v) is 34.0. The molecule has 0 saturated carbocycles. The summed E-state index contributed by atoms with van der Waals surface area (Å²) in [5, 5.41) is 11.9. The first-order valence-electron chi connectivity index (χ1n) is 20.9. The molecule has 2 bridgehead atoms. The van der Waals surface area contributed by atoms with Crippen molar-refractivity contribution in [1.82, 2.24) is 20.0 Å². The van der Waals surface area contributed by atoms with Gasteiger partial charge in [0.25, 0.3) is 17.7 Å². The van der Waals surface area contributed by atoms with Crippen molar-refractivity contribution >= 4 is 52.5 Å². The van der Waals surface area contributed by atoms with Crippen molar-refractivity contribution in [3.05, 3.63) is 87.9 Å². The summed E-state index contributed by atoms with van der Waals surface area (Å²) >= 11 is 6.27. The second-order valence-corrected chi connectivity index (χ2v) is 17.7. The monoisotopic (exact) mass is 817 g/mol. The highest BCUT2D eigenvalue weighted by molar-refractivity contribution is 6.31. The standard InChI is InChI=1S/C45H48ClN7O6/c1-45(59-35-10-4-30(26-47)38(46)23-35)24-33-7-8-34(25-45)52(33)42(56)29-2-5-31(6-3-29)51-20-18-49(19-21-51)27-28-14-16-50(17-15-28)32-9-11-36-37(22-32)44(58)53(43(36)57)39-12-13-40(54)48-41(39)55/h2-6,9-11,22-23,28,33-34,39H,7-8,12-21,24-25,27H2,1H3,(H,48,54,55)/t33-,34+,39?,45+. The van der Waals surface area contributed by atoms with E-state index in [-0.39, 0.29) is 36.7 Å². The Morgan fingerprint density at radius 1 is 0.814 bits per heavy atom. The summed E-state index contributed by atoms with van der Waals surface area (Å²) in [4.78, 5) is 74.8. The number of halogens is 1. The molecule has 5 fully saturated rings. The van der Waals surface area contributed by atoms with Crippen LogP contribution in [0.15, 0.2) is 60.7 Å². The van der Waals surface area contributed by atoms with Gasteiger partial charge in [0.15, 0.2) is 0 Å². The molecule has 1 unspecified atom stereocenters. The molecule has 13 nitrogen and oxygen atoms in total. The number of carbonyl (C=O) groups excluding carboxylic acids is 5. The van der Waals surface area contributed by atoms with Gasteiger partial charge in [-0.2, -0.15) is 5.26 Å². The van der Waals surface area contributed by atoms with E-state index in [4.69, 9.17) is 16.3 Å². The third kappa shape index (κ3) is 7.53. The Morgan fingerprint density at radius 2 is 1.47 bits per heavy atom. The van der Waals surface area contributed by atoms with Crippen molar-refractivity contribution in [2.75, 3.05) is 55.6 Å². The molecule has 5 saturated heterocycles. The minimum atomic E-state index is -0.970. The first kappa shape index (κ1) is 39.0. The number of ether oxygens (including phenoxy) is 1. The van der Waals surface area contributed by atoms with Crippen LogP contribution in [0, 0.1) is 17.2 Å². The van der Waals surface area contributed by atoms with Crippen molar-refractivity contribution in [1.29, 1.82) is 5.26 Å². The second kappa shape index (κ2) is 15.6. The Balaban J connectivity index is 0.736. The number of nitriles is 1. The molecule has 6 heterocycles. The molecule has 0 aliphatic carbocycles. The van der Waals surface area contributed by atoms with Gasteiger partial charge in [0, 0.05) is 100 Å². The highest BCUT2D eigenvalue weighted by Gasteiger charge is 2.50. The largest absolute Gasteiger partial charge is 0.487 e. The van der Waals surface area contributed by atoms with Gasteiger partial charge in [-0.25, -0.2) is 0 Å². The average Bonchev–Trinajstić information content (AvgIpc) is 3.66. The number of imide groups is 2. The molecule has 14 heteroatoms. The highest BCUT2D eigenvalue weighted by Crippen LogP contribution is 2.44. The van der Waals surface area contributed by atoms with Gasteiger partial charge >= 0.3 is 0 Å². The van der Waals surface area contributed by atoms with Crippen molar-refractivity contribution in [2.24, 2.45) is 5.92 Å². The third-order valence-corrected chi connectivity index (χ3v) is 13.7. The Morgan fingerprint density at radius 3 is 2.14 bits per heavy atom. The van der Waals surface area contributed by atoms with Crippen LogP contribution in [0.1, 0.15) is 94.9 Å². The fourth-order valence-electron chi connectivity index (χ4n) is 10.3. The van der Waals surface area contributed by atoms with E-state index in [1.807, 2.05) is 18.2 Å². The van der Waals surface area contributed by atoms with Crippen LogP contribution in [0.4, 0.5) is 11.4 Å². The smallest absolute Gasteiger partial charge is 0.262 e. The molecule has 0 spiro atoms. The summed E-state index contributed by atoms with van der Waals surface area (Å²) in [5.41, 5.74) is 3.36. The number of hydrogen-bond donors (Lipinski definition) is 1. The summed E-state index contributed by atoms with van der Waals surface area (Å²) in [6, 6.07) is 20.0. The lowest BCUT2D eigenvalue weighted by molar-refractivity contribution is -0.136. The third-order valence-electron chi connectivity index (χ3n) is 13.4. The molecule has 306 valence electrons. The summed E-state index contributed by atoms with van der Waals surface area (Å²) in [5.74, 6) is -0.667. The molecule has 3 aromatic carbocycles. The molecular formula is C45H48ClN7O6. The summed E-state index contributed by atoms with van der Waals surface area (Å²) in [6.07, 6.45) is 5.68. The van der Waals surface area contributed by atoms with Gasteiger partial charge < -0.3 is 19.4 Å². The van der Waals surface area contributed by atoms with Crippen molar-refractivity contribution in [3.63, 3.8) is 0 Å². The number of nitrogens with one attached hydrogen (secondary N) is 1. The number of benzene rings is 3. The number of piperazine rings is 1. The molecule has 3 aromatic rings. The lowest BCUT2D eigenvalue weighted by Gasteiger charge is -2.44. The molecule has 9 rings (SSSR count). The fourth-order valence-corrected chi connectivity index (χ4v) is 10.6. The number of carbonyl (C=O) groups is 5. The van der Waals surface area contributed by atoms with E-state index in [0.717, 1.165) is 101 Å². The van der Waals surface area contributed by atoms with E-state index < -0.39 is 29.4 Å². The van der Waals surface area contributed by atoms with Gasteiger partial charge in [-0.15, -0.1) is 0 Å². The zero-order valence-electron chi connectivity index (χ0n) is 33.2. The number of piperidine rings is 3. The molecule has 59 heavy (non-hydrogen) atoms. The van der Waals surface area contributed by atoms with Gasteiger partial charge in [0.2, 0.25) is 11.8 Å². The summed E-state index contributed by atoms with van der Waals surface area (Å²) < 4.78 is 6.45. The summed E-state index contributed by atoms with van der Waals surface area (Å²) in [7, 11) is 0. The molecular weight excluding hydrogens is 770 g/mol. The number of amides is 5. The first-order valence-corrected chi connectivity index (χ1v) is 21.2. The minimum absolute atomic E-state index is 0.0829. The van der Waals surface area contributed by atoms with Crippen LogP contribution in [-0.4, -0.2) is 114 Å². The van der Waals surface area contributed by atoms with Crippen molar-refractivity contribution in [2.45, 2.75) is 82.0 Å². The van der Waals surface area contributed by atoms with Gasteiger partial charge in [-0.1, -0.05) is 11.6 Å². The van der Waals surface area contributed by atoms with Crippen LogP contribution in [0.5, 0.6) is 5.75 Å². The number of nitrogens with zero attached hydrogens (tertiary/aromatic N) is 6. The van der Waals surface area contributed by atoms with E-state index in [2.05, 4.69) is 50.0 Å². The maximum atomic E-state index is 13.9. The lowest BCUT2D eigenvalue weighted by atomic mass is 9.87. The molecule has 6 aliphatic rings. The number of fused-ring (bicyclic) bond motifs is 3. The SMILES string of the molecule is C[C@]1(Oc2ccc(C#N)c(Cl)c2)C[C@H]2CC[C@@H](C1)N2C(=O)c1ccc(N2CCN(CC3CCN(c4ccc5c(c4)C(=O)N(C4CCC(=O)NC4=O)C5=O)CC3)CC2)cc1. The molecule has 0 radical (unpaired) electrons. The number of rotatable bonds is 8. The second-order valence-electron chi connectivity index (χ2n) is 17.3. The van der Waals surface area contributed by atoms with E-state index >= 15 is 0 Å². The Labute approximate surface area is 348 Å². The zero-order chi connectivity index (χ0) is 41.0. The van der Waals surface area contributed by atoms with Gasteiger partial charge in [-0.3, -0.25) is 39.1 Å². The van der Waals surface area contributed by atoms with Crippen molar-refractivity contribution < 1.29 is 28.7 Å².